The molecule has 18 heavy (non-hydrogen) atoms. The van der Waals surface area contributed by atoms with Gasteiger partial charge in [0.05, 0.1) is 12.6 Å². The molecule has 1 rings (SSSR count). The molecule has 0 fully saturated rings. The van der Waals surface area contributed by atoms with Crippen LogP contribution in [0.25, 0.3) is 0 Å². The van der Waals surface area contributed by atoms with Crippen LogP contribution in [0.2, 0.25) is 0 Å². The van der Waals surface area contributed by atoms with E-state index in [0.29, 0.717) is 24.5 Å². The first-order valence-corrected chi connectivity index (χ1v) is 7.03. The van der Waals surface area contributed by atoms with E-state index in [2.05, 4.69) is 21.2 Å². The third-order valence-corrected chi connectivity index (χ3v) is 3.31. The van der Waals surface area contributed by atoms with Gasteiger partial charge in [-0.1, -0.05) is 15.9 Å². The molecule has 3 nitrogen and oxygen atoms in total. The second-order valence-electron chi connectivity index (χ2n) is 4.06. The Hall–Kier alpha value is -0.580. The number of alkyl halides is 1. The highest BCUT2D eigenvalue weighted by atomic mass is 79.9. The van der Waals surface area contributed by atoms with Gasteiger partial charge in [0, 0.05) is 23.0 Å². The van der Waals surface area contributed by atoms with Crippen LogP contribution in [0, 0.1) is 6.92 Å². The van der Waals surface area contributed by atoms with Gasteiger partial charge < -0.3 is 10.1 Å². The van der Waals surface area contributed by atoms with E-state index in [0.717, 1.165) is 10.0 Å². The molecular weight excluding hydrogens is 318 g/mol. The first-order chi connectivity index (χ1) is 8.58. The van der Waals surface area contributed by atoms with Gasteiger partial charge in [0.2, 0.25) is 0 Å². The Morgan fingerprint density at radius 3 is 2.83 bits per heavy atom. The molecule has 1 aromatic carbocycles. The fourth-order valence-corrected chi connectivity index (χ4v) is 2.41. The van der Waals surface area contributed by atoms with E-state index in [1.807, 2.05) is 19.1 Å². The number of nitrogens with one attached hydrogen (secondary N) is 1. The molecule has 0 bridgehead atoms. The summed E-state index contributed by atoms with van der Waals surface area (Å²) in [5.74, 6) is 0.403. The molecule has 0 saturated heterocycles. The van der Waals surface area contributed by atoms with Gasteiger partial charge in [0.15, 0.2) is 0 Å². The van der Waals surface area contributed by atoms with Gasteiger partial charge in [-0.25, -0.2) is 0 Å². The van der Waals surface area contributed by atoms with Crippen molar-refractivity contribution in [3.05, 3.63) is 33.8 Å². The van der Waals surface area contributed by atoms with Crippen molar-refractivity contribution in [2.75, 3.05) is 19.6 Å². The zero-order valence-corrected chi connectivity index (χ0v) is 12.8. The van der Waals surface area contributed by atoms with Gasteiger partial charge in [0.1, 0.15) is 0 Å². The number of hydrogen-bond acceptors (Lipinski definition) is 2. The average molecular weight is 335 g/mol. The zero-order chi connectivity index (χ0) is 13.5. The van der Waals surface area contributed by atoms with Gasteiger partial charge in [0.25, 0.3) is 5.91 Å². The molecule has 1 amide bonds. The number of hydrogen-bond donors (Lipinski definition) is 1. The molecule has 1 N–H and O–H groups in total. The Kier molecular flexibility index (Phi) is 6.68. The summed E-state index contributed by atoms with van der Waals surface area (Å²) in [5, 5.41) is 2.93. The van der Waals surface area contributed by atoms with Crippen LogP contribution in [0.1, 0.15) is 22.3 Å². The molecule has 5 heteroatoms. The van der Waals surface area contributed by atoms with Crippen LogP contribution >= 0.6 is 27.5 Å². The molecule has 0 radical (unpaired) electrons. The first kappa shape index (κ1) is 15.5. The lowest BCUT2D eigenvalue weighted by atomic mass is 10.1. The van der Waals surface area contributed by atoms with Crippen LogP contribution in [-0.4, -0.2) is 31.5 Å². The lowest BCUT2D eigenvalue weighted by molar-refractivity contribution is 0.0894. The highest BCUT2D eigenvalue weighted by Crippen LogP contribution is 2.16. The summed E-state index contributed by atoms with van der Waals surface area (Å²) in [5.41, 5.74) is 1.61. The van der Waals surface area contributed by atoms with Crippen LogP contribution in [0.3, 0.4) is 0 Å². The third-order valence-electron chi connectivity index (χ3n) is 2.59. The maximum Gasteiger partial charge on any atom is 0.251 e. The molecule has 1 unspecified atom stereocenters. The van der Waals surface area contributed by atoms with Gasteiger partial charge in [-0.05, 0) is 37.1 Å². The van der Waals surface area contributed by atoms with Crippen LogP contribution in [0.5, 0.6) is 0 Å². The van der Waals surface area contributed by atoms with Crippen molar-refractivity contribution in [2.45, 2.75) is 19.4 Å². The van der Waals surface area contributed by atoms with Crippen LogP contribution in [0.15, 0.2) is 22.7 Å². The molecule has 100 valence electrons. The number of carbonyl (C=O) groups excluding carboxylic acids is 1. The Balaban J connectivity index is 2.73. The molecule has 0 saturated carbocycles. The summed E-state index contributed by atoms with van der Waals surface area (Å²) in [6, 6.07) is 5.53. The lowest BCUT2D eigenvalue weighted by Crippen LogP contribution is -2.38. The molecular formula is C13H17BrClNO2. The fraction of sp³-hybridized carbons (Fsp3) is 0.462. The van der Waals surface area contributed by atoms with Crippen LogP contribution in [0.4, 0.5) is 0 Å². The Bertz CT molecular complexity index is 406. The maximum absolute atomic E-state index is 12.1. The van der Waals surface area contributed by atoms with Crippen molar-refractivity contribution in [3.63, 3.8) is 0 Å². The summed E-state index contributed by atoms with van der Waals surface area (Å²) < 4.78 is 6.03. The number of ether oxygens (including phenoxy) is 1. The number of amides is 1. The highest BCUT2D eigenvalue weighted by Gasteiger charge is 2.14. The summed E-state index contributed by atoms with van der Waals surface area (Å²) in [4.78, 5) is 12.1. The molecule has 0 aliphatic carbocycles. The first-order valence-electron chi connectivity index (χ1n) is 5.70. The maximum atomic E-state index is 12.1. The van der Waals surface area contributed by atoms with Crippen LogP contribution < -0.4 is 5.32 Å². The number of methoxy groups -OCH3 is 1. The molecule has 0 aromatic heterocycles. The predicted molar refractivity (Wildman–Crippen MR) is 77.3 cm³/mol. The van der Waals surface area contributed by atoms with Gasteiger partial charge in [-0.15, -0.1) is 11.6 Å². The van der Waals surface area contributed by atoms with Crippen LogP contribution in [-0.2, 0) is 4.74 Å². The van der Waals surface area contributed by atoms with Crippen molar-refractivity contribution < 1.29 is 9.53 Å². The Labute approximate surface area is 121 Å². The van der Waals surface area contributed by atoms with Crippen molar-refractivity contribution >= 4 is 33.4 Å². The lowest BCUT2D eigenvalue weighted by Gasteiger charge is -2.17. The fourth-order valence-electron chi connectivity index (χ4n) is 1.68. The summed E-state index contributed by atoms with van der Waals surface area (Å²) >= 11 is 9.08. The van der Waals surface area contributed by atoms with E-state index >= 15 is 0 Å². The minimum atomic E-state index is -0.0906. The SMILES string of the molecule is COCC(CCCl)NC(=O)c1ccc(Br)cc1C. The monoisotopic (exact) mass is 333 g/mol. The van der Waals surface area contributed by atoms with Gasteiger partial charge >= 0.3 is 0 Å². The number of carbonyl (C=O) groups is 1. The number of benzene rings is 1. The van der Waals surface area contributed by atoms with E-state index in [9.17, 15) is 4.79 Å². The molecule has 0 aliphatic rings. The van der Waals surface area contributed by atoms with Gasteiger partial charge in [-0.2, -0.15) is 0 Å². The van der Waals surface area contributed by atoms with Crippen molar-refractivity contribution in [2.24, 2.45) is 0 Å². The highest BCUT2D eigenvalue weighted by molar-refractivity contribution is 9.10. The minimum Gasteiger partial charge on any atom is -0.383 e. The predicted octanol–water partition coefficient (Wildman–Crippen LogP) is 3.13. The second kappa shape index (κ2) is 7.77. The number of aryl methyl sites for hydroxylation is 1. The number of rotatable bonds is 6. The molecule has 1 atom stereocenters. The van der Waals surface area contributed by atoms with E-state index in [-0.39, 0.29) is 11.9 Å². The topological polar surface area (TPSA) is 38.3 Å². The normalized spacial score (nSPS) is 12.2. The van der Waals surface area contributed by atoms with Crippen molar-refractivity contribution in [1.82, 2.24) is 5.32 Å². The summed E-state index contributed by atoms with van der Waals surface area (Å²) in [6.45, 7) is 2.38. The standard InChI is InChI=1S/C13H17BrClNO2/c1-9-7-10(14)3-4-12(9)13(17)16-11(5-6-15)8-18-2/h3-4,7,11H,5-6,8H2,1-2H3,(H,16,17). The van der Waals surface area contributed by atoms with E-state index in [1.54, 1.807) is 13.2 Å². The average Bonchev–Trinajstić information content (AvgIpc) is 2.29. The van der Waals surface area contributed by atoms with E-state index < -0.39 is 0 Å². The van der Waals surface area contributed by atoms with E-state index in [1.165, 1.54) is 0 Å². The largest absolute Gasteiger partial charge is 0.383 e. The summed E-state index contributed by atoms with van der Waals surface area (Å²) in [7, 11) is 1.61. The second-order valence-corrected chi connectivity index (χ2v) is 5.36. The molecule has 0 heterocycles. The number of halogens is 2. The molecule has 0 aliphatic heterocycles. The Morgan fingerprint density at radius 2 is 2.28 bits per heavy atom. The quantitative estimate of drug-likeness (QED) is 0.812. The smallest absolute Gasteiger partial charge is 0.251 e. The zero-order valence-electron chi connectivity index (χ0n) is 10.5. The van der Waals surface area contributed by atoms with Crippen molar-refractivity contribution in [1.29, 1.82) is 0 Å². The molecule has 0 spiro atoms. The molecule has 1 aromatic rings. The minimum absolute atomic E-state index is 0.0527. The Morgan fingerprint density at radius 1 is 1.56 bits per heavy atom. The van der Waals surface area contributed by atoms with E-state index in [4.69, 9.17) is 16.3 Å². The summed E-state index contributed by atoms with van der Waals surface area (Å²) in [6.07, 6.45) is 0.691. The third kappa shape index (κ3) is 4.59. The van der Waals surface area contributed by atoms with Crippen molar-refractivity contribution in [3.8, 4) is 0 Å². The van der Waals surface area contributed by atoms with Gasteiger partial charge in [-0.3, -0.25) is 4.79 Å².